The standard InChI is InChI=1S/C14H15N3OS3/c1-4-9(11-15-5-6-20-11)17-13(18)10-7(2)8(3)21-12(10)16-14(17)19/h5-6,9H,4H2,1-3H3,(H,16,19). The highest BCUT2D eigenvalue weighted by Crippen LogP contribution is 2.28. The lowest BCUT2D eigenvalue weighted by molar-refractivity contribution is 0.535. The van der Waals surface area contributed by atoms with Gasteiger partial charge in [0.15, 0.2) is 4.77 Å². The lowest BCUT2D eigenvalue weighted by atomic mass is 10.2. The van der Waals surface area contributed by atoms with Gasteiger partial charge in [0.2, 0.25) is 0 Å². The van der Waals surface area contributed by atoms with E-state index in [1.807, 2.05) is 26.2 Å². The van der Waals surface area contributed by atoms with Crippen LogP contribution in [0.4, 0.5) is 0 Å². The van der Waals surface area contributed by atoms with Crippen LogP contribution in [0, 0.1) is 18.6 Å². The van der Waals surface area contributed by atoms with Gasteiger partial charge < -0.3 is 4.98 Å². The first-order valence-corrected chi connectivity index (χ1v) is 8.79. The Morgan fingerprint density at radius 3 is 2.86 bits per heavy atom. The fourth-order valence-corrected chi connectivity index (χ4v) is 4.73. The number of H-pyrrole nitrogens is 1. The summed E-state index contributed by atoms with van der Waals surface area (Å²) in [6.07, 6.45) is 2.54. The molecule has 1 N–H and O–H groups in total. The predicted octanol–water partition coefficient (Wildman–Crippen LogP) is 4.19. The van der Waals surface area contributed by atoms with E-state index >= 15 is 0 Å². The van der Waals surface area contributed by atoms with Crippen molar-refractivity contribution in [2.45, 2.75) is 33.2 Å². The van der Waals surface area contributed by atoms with Gasteiger partial charge in [-0.2, -0.15) is 0 Å². The molecule has 0 saturated heterocycles. The van der Waals surface area contributed by atoms with E-state index in [2.05, 4.69) is 9.97 Å². The third kappa shape index (κ3) is 2.29. The van der Waals surface area contributed by atoms with Gasteiger partial charge in [-0.25, -0.2) is 4.98 Å². The number of thiophene rings is 1. The molecule has 21 heavy (non-hydrogen) atoms. The van der Waals surface area contributed by atoms with Crippen molar-refractivity contribution in [2.24, 2.45) is 0 Å². The van der Waals surface area contributed by atoms with E-state index in [1.165, 1.54) is 0 Å². The number of hydrogen-bond donors (Lipinski definition) is 1. The number of thiazole rings is 1. The van der Waals surface area contributed by atoms with Crippen molar-refractivity contribution in [1.82, 2.24) is 14.5 Å². The van der Waals surface area contributed by atoms with Crippen LogP contribution in [0.15, 0.2) is 16.4 Å². The number of aryl methyl sites for hydroxylation is 2. The maximum Gasteiger partial charge on any atom is 0.263 e. The number of nitrogens with one attached hydrogen (secondary N) is 1. The molecule has 7 heteroatoms. The van der Waals surface area contributed by atoms with E-state index in [4.69, 9.17) is 12.2 Å². The predicted molar refractivity (Wildman–Crippen MR) is 91.3 cm³/mol. The molecule has 110 valence electrons. The van der Waals surface area contributed by atoms with Crippen molar-refractivity contribution in [3.63, 3.8) is 0 Å². The highest BCUT2D eigenvalue weighted by Gasteiger charge is 2.20. The van der Waals surface area contributed by atoms with Crippen LogP contribution in [0.2, 0.25) is 0 Å². The molecule has 4 nitrogen and oxygen atoms in total. The van der Waals surface area contributed by atoms with Crippen LogP contribution in [0.5, 0.6) is 0 Å². The summed E-state index contributed by atoms with van der Waals surface area (Å²) >= 11 is 8.57. The lowest BCUT2D eigenvalue weighted by Gasteiger charge is -2.16. The Kier molecular flexibility index (Phi) is 3.81. The molecule has 1 atom stereocenters. The quantitative estimate of drug-likeness (QED) is 0.729. The van der Waals surface area contributed by atoms with Crippen LogP contribution >= 0.6 is 34.9 Å². The maximum absolute atomic E-state index is 12.9. The minimum atomic E-state index is -0.106. The largest absolute Gasteiger partial charge is 0.323 e. The van der Waals surface area contributed by atoms with Gasteiger partial charge in [0.1, 0.15) is 9.84 Å². The first-order chi connectivity index (χ1) is 10.0. The molecule has 3 rings (SSSR count). The second-order valence-corrected chi connectivity index (χ2v) is 7.42. The van der Waals surface area contributed by atoms with Crippen molar-refractivity contribution in [3.8, 4) is 0 Å². The molecule has 1 unspecified atom stereocenters. The normalized spacial score (nSPS) is 12.9. The molecule has 0 aromatic carbocycles. The summed E-state index contributed by atoms with van der Waals surface area (Å²) in [4.78, 5) is 22.5. The van der Waals surface area contributed by atoms with Crippen LogP contribution in [-0.2, 0) is 0 Å². The fourth-order valence-electron chi connectivity index (χ4n) is 2.49. The Morgan fingerprint density at radius 2 is 2.24 bits per heavy atom. The van der Waals surface area contributed by atoms with Crippen molar-refractivity contribution < 1.29 is 0 Å². The van der Waals surface area contributed by atoms with Crippen LogP contribution in [-0.4, -0.2) is 14.5 Å². The number of nitrogens with zero attached hydrogens (tertiary/aromatic N) is 2. The number of aromatic nitrogens is 3. The van der Waals surface area contributed by atoms with Crippen molar-refractivity contribution >= 4 is 45.1 Å². The van der Waals surface area contributed by atoms with Gasteiger partial charge in [0.05, 0.1) is 11.4 Å². The molecule has 0 aliphatic heterocycles. The minimum Gasteiger partial charge on any atom is -0.323 e. The first kappa shape index (κ1) is 14.6. The summed E-state index contributed by atoms with van der Waals surface area (Å²) in [6.45, 7) is 6.06. The zero-order chi connectivity index (χ0) is 15.1. The minimum absolute atomic E-state index is 0.0161. The molecule has 0 radical (unpaired) electrons. The number of rotatable bonds is 3. The van der Waals surface area contributed by atoms with Gasteiger partial charge in [0.25, 0.3) is 5.56 Å². The summed E-state index contributed by atoms with van der Waals surface area (Å²) in [5.74, 6) is 0. The molecule has 0 amide bonds. The van der Waals surface area contributed by atoms with Crippen LogP contribution < -0.4 is 5.56 Å². The van der Waals surface area contributed by atoms with Crippen molar-refractivity contribution in [3.05, 3.63) is 42.1 Å². The smallest absolute Gasteiger partial charge is 0.263 e. The third-order valence-corrected chi connectivity index (χ3v) is 5.99. The maximum atomic E-state index is 12.9. The average Bonchev–Trinajstić information content (AvgIpc) is 3.04. The Bertz CT molecular complexity index is 902. The Labute approximate surface area is 135 Å². The van der Waals surface area contributed by atoms with Crippen molar-refractivity contribution in [2.75, 3.05) is 0 Å². The highest BCUT2D eigenvalue weighted by atomic mass is 32.1. The van der Waals surface area contributed by atoms with Crippen LogP contribution in [0.25, 0.3) is 10.2 Å². The van der Waals surface area contributed by atoms with Gasteiger partial charge in [-0.3, -0.25) is 9.36 Å². The zero-order valence-corrected chi connectivity index (χ0v) is 14.4. The summed E-state index contributed by atoms with van der Waals surface area (Å²) in [5, 5.41) is 3.60. The third-order valence-electron chi connectivity index (χ3n) is 3.69. The van der Waals surface area contributed by atoms with Crippen LogP contribution in [0.3, 0.4) is 0 Å². The van der Waals surface area contributed by atoms with Gasteiger partial charge in [-0.05, 0) is 38.0 Å². The van der Waals surface area contributed by atoms with Gasteiger partial charge in [-0.1, -0.05) is 6.92 Å². The van der Waals surface area contributed by atoms with Gasteiger partial charge in [0, 0.05) is 16.5 Å². The molecule has 0 saturated carbocycles. The first-order valence-electron chi connectivity index (χ1n) is 6.68. The van der Waals surface area contributed by atoms with E-state index in [9.17, 15) is 4.79 Å². The molecule has 3 aromatic rings. The topological polar surface area (TPSA) is 50.7 Å². The van der Waals surface area contributed by atoms with Crippen LogP contribution in [0.1, 0.15) is 34.8 Å². The molecule has 0 aliphatic rings. The second kappa shape index (κ2) is 5.47. The average molecular weight is 337 g/mol. The Hall–Kier alpha value is -1.31. The molecular weight excluding hydrogens is 322 g/mol. The zero-order valence-electron chi connectivity index (χ0n) is 12.0. The SMILES string of the molecule is CCC(c1nccs1)n1c(=S)[nH]c2sc(C)c(C)c2c1=O. The molecule has 3 heterocycles. The molecule has 0 fully saturated rings. The van der Waals surface area contributed by atoms with E-state index in [-0.39, 0.29) is 11.6 Å². The fraction of sp³-hybridized carbons (Fsp3) is 0.357. The summed E-state index contributed by atoms with van der Waals surface area (Å²) in [7, 11) is 0. The van der Waals surface area contributed by atoms with E-state index in [1.54, 1.807) is 33.4 Å². The summed E-state index contributed by atoms with van der Waals surface area (Å²) in [6, 6.07) is -0.106. The number of hydrogen-bond acceptors (Lipinski definition) is 5. The van der Waals surface area contributed by atoms with E-state index in [0.29, 0.717) is 4.77 Å². The number of aromatic amines is 1. The van der Waals surface area contributed by atoms with Gasteiger partial charge in [-0.15, -0.1) is 22.7 Å². The molecule has 0 bridgehead atoms. The molecular formula is C14H15N3OS3. The van der Waals surface area contributed by atoms with Gasteiger partial charge >= 0.3 is 0 Å². The highest BCUT2D eigenvalue weighted by molar-refractivity contribution is 7.71. The summed E-state index contributed by atoms with van der Waals surface area (Å²) in [5.41, 5.74) is 1.02. The number of fused-ring (bicyclic) bond motifs is 1. The van der Waals surface area contributed by atoms with E-state index < -0.39 is 0 Å². The lowest BCUT2D eigenvalue weighted by Crippen LogP contribution is -2.27. The van der Waals surface area contributed by atoms with E-state index in [0.717, 1.165) is 32.1 Å². The Balaban J connectivity index is 2.35. The summed E-state index contributed by atoms with van der Waals surface area (Å²) < 4.78 is 2.14. The molecule has 0 spiro atoms. The Morgan fingerprint density at radius 1 is 1.48 bits per heavy atom. The van der Waals surface area contributed by atoms with Crippen molar-refractivity contribution in [1.29, 1.82) is 0 Å². The monoisotopic (exact) mass is 337 g/mol. The molecule has 3 aromatic heterocycles. The second-order valence-electron chi connectivity index (χ2n) is 4.89. The molecule has 0 aliphatic carbocycles.